The average Bonchev–Trinajstić information content (AvgIpc) is 3.12. The Kier molecular flexibility index (Phi) is 7.66. The smallest absolute Gasteiger partial charge is 0.243 e. The molecule has 1 atom stereocenters. The molecule has 0 spiro atoms. The maximum atomic E-state index is 12.6. The molecule has 8 heteroatoms. The molecule has 1 aromatic heterocycles. The lowest BCUT2D eigenvalue weighted by Gasteiger charge is -2.29. The van der Waals surface area contributed by atoms with Gasteiger partial charge in [0, 0.05) is 24.3 Å². The zero-order chi connectivity index (χ0) is 21.5. The van der Waals surface area contributed by atoms with E-state index in [1.54, 1.807) is 0 Å². The molecule has 1 aliphatic rings. The predicted octanol–water partition coefficient (Wildman–Crippen LogP) is 3.42. The molecule has 0 bridgehead atoms. The number of nitrogens with one attached hydrogen (secondary N) is 2. The quantitative estimate of drug-likeness (QED) is 0.628. The first-order valence-electron chi connectivity index (χ1n) is 10.3. The fourth-order valence-corrected chi connectivity index (χ4v) is 4.45. The number of hydrogen-bond donors (Lipinski definition) is 2. The van der Waals surface area contributed by atoms with Crippen molar-refractivity contribution in [3.05, 3.63) is 30.0 Å². The molecule has 0 saturated carbocycles. The number of aromatic nitrogens is 1. The fourth-order valence-electron chi connectivity index (χ4n) is 3.58. The number of anilines is 2. The average molecular weight is 428 g/mol. The number of aryl methyl sites for hydroxylation is 1. The molecule has 7 nitrogen and oxygen atoms in total. The van der Waals surface area contributed by atoms with Crippen LogP contribution in [0.3, 0.4) is 0 Å². The Morgan fingerprint density at radius 3 is 2.63 bits per heavy atom. The van der Waals surface area contributed by atoms with Crippen LogP contribution in [0, 0.1) is 24.2 Å². The van der Waals surface area contributed by atoms with Crippen molar-refractivity contribution in [3.8, 4) is 17.2 Å². The molecule has 0 unspecified atom stereocenters. The van der Waals surface area contributed by atoms with E-state index in [2.05, 4.69) is 58.0 Å². The van der Waals surface area contributed by atoms with Gasteiger partial charge in [-0.15, -0.1) is 0 Å². The highest BCUT2D eigenvalue weighted by molar-refractivity contribution is 7.11. The highest BCUT2D eigenvalue weighted by Gasteiger charge is 2.23. The van der Waals surface area contributed by atoms with Gasteiger partial charge in [-0.25, -0.2) is 0 Å². The number of benzene rings is 1. The van der Waals surface area contributed by atoms with Gasteiger partial charge in [0.15, 0.2) is 0 Å². The van der Waals surface area contributed by atoms with Gasteiger partial charge in [0.05, 0.1) is 25.0 Å². The van der Waals surface area contributed by atoms with Crippen molar-refractivity contribution >= 4 is 28.1 Å². The van der Waals surface area contributed by atoms with E-state index in [0.717, 1.165) is 48.1 Å². The van der Waals surface area contributed by atoms with Gasteiger partial charge in [-0.3, -0.25) is 4.79 Å². The van der Waals surface area contributed by atoms with Gasteiger partial charge in [-0.1, -0.05) is 26.0 Å². The Hall–Kier alpha value is -2.63. The molecule has 0 radical (unpaired) electrons. The van der Waals surface area contributed by atoms with Crippen molar-refractivity contribution in [2.24, 2.45) is 5.92 Å². The largest absolute Gasteiger partial charge is 0.378 e. The summed E-state index contributed by atoms with van der Waals surface area (Å²) in [5.41, 5.74) is 4.21. The Balaban J connectivity index is 1.81. The van der Waals surface area contributed by atoms with E-state index in [9.17, 15) is 4.79 Å². The Labute approximate surface area is 182 Å². The predicted molar refractivity (Wildman–Crippen MR) is 121 cm³/mol. The number of amides is 1. The Bertz CT molecular complexity index is 882. The normalized spacial score (nSPS) is 15.0. The van der Waals surface area contributed by atoms with Crippen LogP contribution < -0.4 is 15.5 Å². The Morgan fingerprint density at radius 1 is 1.30 bits per heavy atom. The zero-order valence-electron chi connectivity index (χ0n) is 17.8. The third-order valence-corrected chi connectivity index (χ3v) is 5.94. The van der Waals surface area contributed by atoms with Gasteiger partial charge in [0.25, 0.3) is 0 Å². The molecular formula is C22H29N5O2S. The van der Waals surface area contributed by atoms with Crippen molar-refractivity contribution in [1.82, 2.24) is 9.69 Å². The van der Waals surface area contributed by atoms with E-state index in [-0.39, 0.29) is 12.5 Å². The summed E-state index contributed by atoms with van der Waals surface area (Å²) < 4.78 is 9.96. The maximum Gasteiger partial charge on any atom is 0.243 e. The summed E-state index contributed by atoms with van der Waals surface area (Å²) in [6, 6.07) is 10.0. The SMILES string of the molecule is Cc1nsc(N[C@@H](CC(C)C)C(=O)NCC#N)c1-c1ccc(N2CCOCC2)cc1. The number of nitriles is 1. The summed E-state index contributed by atoms with van der Waals surface area (Å²) in [6.07, 6.45) is 0.670. The summed E-state index contributed by atoms with van der Waals surface area (Å²) in [7, 11) is 0. The van der Waals surface area contributed by atoms with E-state index in [4.69, 9.17) is 10.00 Å². The van der Waals surface area contributed by atoms with Crippen LogP contribution >= 0.6 is 11.5 Å². The second kappa shape index (κ2) is 10.4. The van der Waals surface area contributed by atoms with Crippen LogP contribution in [0.2, 0.25) is 0 Å². The molecule has 30 heavy (non-hydrogen) atoms. The van der Waals surface area contributed by atoms with Crippen LogP contribution in [0.25, 0.3) is 11.1 Å². The van der Waals surface area contributed by atoms with Crippen LogP contribution in [0.4, 0.5) is 10.7 Å². The fraction of sp³-hybridized carbons (Fsp3) is 0.500. The van der Waals surface area contributed by atoms with Crippen LogP contribution in [-0.2, 0) is 9.53 Å². The summed E-state index contributed by atoms with van der Waals surface area (Å²) >= 11 is 1.37. The Morgan fingerprint density at radius 2 is 2.00 bits per heavy atom. The molecular weight excluding hydrogens is 398 g/mol. The number of nitrogens with zero attached hydrogens (tertiary/aromatic N) is 3. The zero-order valence-corrected chi connectivity index (χ0v) is 18.6. The monoisotopic (exact) mass is 427 g/mol. The molecule has 1 amide bonds. The molecule has 1 saturated heterocycles. The van der Waals surface area contributed by atoms with Crippen molar-refractivity contribution in [1.29, 1.82) is 5.26 Å². The van der Waals surface area contributed by atoms with Crippen LogP contribution in [0.1, 0.15) is 26.0 Å². The van der Waals surface area contributed by atoms with E-state index < -0.39 is 6.04 Å². The van der Waals surface area contributed by atoms with Crippen LogP contribution in [-0.4, -0.2) is 49.2 Å². The van der Waals surface area contributed by atoms with Crippen molar-refractivity contribution in [2.75, 3.05) is 43.1 Å². The summed E-state index contributed by atoms with van der Waals surface area (Å²) in [4.78, 5) is 14.9. The lowest BCUT2D eigenvalue weighted by atomic mass is 10.0. The second-order valence-corrected chi connectivity index (χ2v) is 8.59. The van der Waals surface area contributed by atoms with Gasteiger partial charge in [0.1, 0.15) is 17.6 Å². The summed E-state index contributed by atoms with van der Waals surface area (Å²) in [6.45, 7) is 9.47. The lowest BCUT2D eigenvalue weighted by Crippen LogP contribution is -2.40. The minimum Gasteiger partial charge on any atom is -0.378 e. The maximum absolute atomic E-state index is 12.6. The van der Waals surface area contributed by atoms with Crippen LogP contribution in [0.5, 0.6) is 0 Å². The molecule has 1 aliphatic heterocycles. The molecule has 160 valence electrons. The van der Waals surface area contributed by atoms with Gasteiger partial charge in [0.2, 0.25) is 5.91 Å². The molecule has 2 aromatic rings. The first kappa shape index (κ1) is 22.1. The number of carbonyl (C=O) groups excluding carboxylic acids is 1. The van der Waals surface area contributed by atoms with Gasteiger partial charge in [-0.05, 0) is 48.5 Å². The standard InChI is InChI=1S/C22H29N5O2S/c1-15(2)14-19(21(28)24-9-8-23)25-22-20(16(3)26-30-22)17-4-6-18(7-5-17)27-10-12-29-13-11-27/h4-7,15,19,25H,9-14H2,1-3H3,(H,24,28)/t19-/m0/s1. The number of hydrogen-bond acceptors (Lipinski definition) is 7. The second-order valence-electron chi connectivity index (χ2n) is 7.82. The molecule has 2 N–H and O–H groups in total. The third kappa shape index (κ3) is 5.49. The van der Waals surface area contributed by atoms with E-state index in [1.165, 1.54) is 17.2 Å². The first-order valence-corrected chi connectivity index (χ1v) is 11.1. The highest BCUT2D eigenvalue weighted by Crippen LogP contribution is 2.36. The number of carbonyl (C=O) groups is 1. The van der Waals surface area contributed by atoms with Crippen molar-refractivity contribution in [2.45, 2.75) is 33.2 Å². The minimum atomic E-state index is -0.412. The number of rotatable bonds is 8. The van der Waals surface area contributed by atoms with Gasteiger partial charge in [-0.2, -0.15) is 9.64 Å². The lowest BCUT2D eigenvalue weighted by molar-refractivity contribution is -0.121. The number of morpholine rings is 1. The van der Waals surface area contributed by atoms with Gasteiger partial charge >= 0.3 is 0 Å². The molecule has 3 rings (SSSR count). The summed E-state index contributed by atoms with van der Waals surface area (Å²) in [5.74, 6) is 0.172. The van der Waals surface area contributed by atoms with E-state index in [1.807, 2.05) is 13.0 Å². The van der Waals surface area contributed by atoms with E-state index >= 15 is 0 Å². The van der Waals surface area contributed by atoms with Gasteiger partial charge < -0.3 is 20.3 Å². The number of ether oxygens (including phenoxy) is 1. The third-order valence-electron chi connectivity index (χ3n) is 5.07. The van der Waals surface area contributed by atoms with Crippen molar-refractivity contribution in [3.63, 3.8) is 0 Å². The summed E-state index contributed by atoms with van der Waals surface area (Å²) in [5, 5.41) is 15.7. The topological polar surface area (TPSA) is 90.3 Å². The van der Waals surface area contributed by atoms with Crippen molar-refractivity contribution < 1.29 is 9.53 Å². The molecule has 2 heterocycles. The molecule has 1 aromatic carbocycles. The first-order chi connectivity index (χ1) is 14.5. The van der Waals surface area contributed by atoms with E-state index in [0.29, 0.717) is 12.3 Å². The highest BCUT2D eigenvalue weighted by atomic mass is 32.1. The van der Waals surface area contributed by atoms with Crippen LogP contribution in [0.15, 0.2) is 24.3 Å². The molecule has 0 aliphatic carbocycles. The minimum absolute atomic E-state index is 0.00663. The molecule has 1 fully saturated rings.